The van der Waals surface area contributed by atoms with Gasteiger partial charge in [-0.05, 0) is 30.5 Å². The van der Waals surface area contributed by atoms with Gasteiger partial charge in [-0.2, -0.15) is 0 Å². The lowest BCUT2D eigenvalue weighted by molar-refractivity contribution is -0.135. The molecular formula is C29H40N4O6Si. The van der Waals surface area contributed by atoms with E-state index in [-0.39, 0.29) is 56.4 Å². The van der Waals surface area contributed by atoms with Crippen molar-refractivity contribution in [1.29, 1.82) is 0 Å². The Morgan fingerprint density at radius 1 is 0.975 bits per heavy atom. The van der Waals surface area contributed by atoms with Gasteiger partial charge in [0.2, 0.25) is 5.91 Å². The Labute approximate surface area is 236 Å². The van der Waals surface area contributed by atoms with Crippen molar-refractivity contribution in [1.82, 2.24) is 19.3 Å². The van der Waals surface area contributed by atoms with Crippen LogP contribution in [0.4, 0.5) is 9.59 Å². The van der Waals surface area contributed by atoms with Crippen LogP contribution < -0.4 is 5.56 Å². The second-order valence-corrected chi connectivity index (χ2v) is 17.2. The summed E-state index contributed by atoms with van der Waals surface area (Å²) >= 11 is 0. The number of pyridine rings is 1. The van der Waals surface area contributed by atoms with Gasteiger partial charge in [-0.25, -0.2) is 14.5 Å². The number of imide groups is 1. The van der Waals surface area contributed by atoms with Crippen molar-refractivity contribution in [3.63, 3.8) is 0 Å². The Bertz CT molecular complexity index is 1240. The first-order chi connectivity index (χ1) is 19.1. The lowest BCUT2D eigenvalue weighted by Crippen LogP contribution is -2.53. The van der Waals surface area contributed by atoms with E-state index in [2.05, 4.69) is 19.6 Å². The van der Waals surface area contributed by atoms with Crippen molar-refractivity contribution in [2.75, 3.05) is 33.0 Å². The predicted octanol–water partition coefficient (Wildman–Crippen LogP) is 4.29. The monoisotopic (exact) mass is 568 g/mol. The molecule has 0 saturated carbocycles. The van der Waals surface area contributed by atoms with Gasteiger partial charge in [-0.1, -0.05) is 56.0 Å². The third-order valence-corrected chi connectivity index (χ3v) is 9.05. The number of carbonyl (C=O) groups excluding carboxylic acids is 3. The number of hydrogen-bond acceptors (Lipinski definition) is 6. The summed E-state index contributed by atoms with van der Waals surface area (Å²) in [4.78, 5) is 55.8. The van der Waals surface area contributed by atoms with Gasteiger partial charge in [0.05, 0.1) is 6.54 Å². The number of carbonyl (C=O) groups is 3. The van der Waals surface area contributed by atoms with Gasteiger partial charge in [-0.15, -0.1) is 0 Å². The topological polar surface area (TPSA) is 101 Å². The standard InChI is InChI=1S/C29H40N4O6Si/c1-40(2,3)19-18-38-22-33-26(34)13-17-31(28(33)36)20-24-10-7-14-32(27(24)35)25-11-15-30(16-12-25)29(37)39-21-23-8-5-4-6-9-23/h4-10,14,25H,11-13,15-22H2,1-3H3. The highest BCUT2D eigenvalue weighted by atomic mass is 28.3. The first-order valence-corrected chi connectivity index (χ1v) is 17.7. The van der Waals surface area contributed by atoms with Crippen LogP contribution in [0.25, 0.3) is 0 Å². The largest absolute Gasteiger partial charge is 0.445 e. The molecule has 2 aliphatic rings. The van der Waals surface area contributed by atoms with E-state index >= 15 is 0 Å². The molecule has 4 rings (SSSR count). The molecule has 3 heterocycles. The molecular weight excluding hydrogens is 528 g/mol. The van der Waals surface area contributed by atoms with Crippen LogP contribution >= 0.6 is 0 Å². The highest BCUT2D eigenvalue weighted by molar-refractivity contribution is 6.76. The second kappa shape index (κ2) is 13.3. The fraction of sp³-hybridized carbons (Fsp3) is 0.517. The van der Waals surface area contributed by atoms with Crippen molar-refractivity contribution in [2.24, 2.45) is 0 Å². The summed E-state index contributed by atoms with van der Waals surface area (Å²) in [5.74, 6) is -0.256. The summed E-state index contributed by atoms with van der Waals surface area (Å²) in [7, 11) is -1.28. The average molecular weight is 569 g/mol. The maximum atomic E-state index is 13.4. The molecule has 0 atom stereocenters. The van der Waals surface area contributed by atoms with Crippen LogP contribution in [0.2, 0.25) is 25.7 Å². The van der Waals surface area contributed by atoms with E-state index in [1.54, 1.807) is 21.7 Å². The number of benzene rings is 1. The predicted molar refractivity (Wildman–Crippen MR) is 153 cm³/mol. The lowest BCUT2D eigenvalue weighted by atomic mass is 10.0. The molecule has 1 aromatic carbocycles. The van der Waals surface area contributed by atoms with Gasteiger partial charge < -0.3 is 23.8 Å². The quantitative estimate of drug-likeness (QED) is 0.313. The number of urea groups is 1. The third-order valence-electron chi connectivity index (χ3n) is 7.35. The van der Waals surface area contributed by atoms with Crippen molar-refractivity contribution in [3.05, 3.63) is 70.1 Å². The van der Waals surface area contributed by atoms with E-state index in [0.29, 0.717) is 38.1 Å². The molecule has 0 bridgehead atoms. The molecule has 2 saturated heterocycles. The van der Waals surface area contributed by atoms with E-state index in [0.717, 1.165) is 16.5 Å². The average Bonchev–Trinajstić information content (AvgIpc) is 2.94. The third kappa shape index (κ3) is 7.82. The van der Waals surface area contributed by atoms with Gasteiger partial charge in [0.15, 0.2) is 0 Å². The van der Waals surface area contributed by atoms with Gasteiger partial charge >= 0.3 is 12.1 Å². The lowest BCUT2D eigenvalue weighted by Gasteiger charge is -2.34. The zero-order valence-corrected chi connectivity index (χ0v) is 24.7. The van der Waals surface area contributed by atoms with Crippen LogP contribution in [0, 0.1) is 0 Å². The highest BCUT2D eigenvalue weighted by Crippen LogP contribution is 2.22. The molecule has 2 fully saturated rings. The van der Waals surface area contributed by atoms with E-state index < -0.39 is 14.1 Å². The molecule has 2 aromatic rings. The van der Waals surface area contributed by atoms with Crippen LogP contribution in [-0.2, 0) is 27.4 Å². The molecule has 0 unspecified atom stereocenters. The highest BCUT2D eigenvalue weighted by Gasteiger charge is 2.33. The number of nitrogens with zero attached hydrogens (tertiary/aromatic N) is 4. The first-order valence-electron chi connectivity index (χ1n) is 13.9. The normalized spacial score (nSPS) is 16.9. The molecule has 40 heavy (non-hydrogen) atoms. The Balaban J connectivity index is 1.31. The van der Waals surface area contributed by atoms with Crippen LogP contribution in [0.3, 0.4) is 0 Å². The number of ether oxygens (including phenoxy) is 2. The van der Waals surface area contributed by atoms with Crippen LogP contribution in [0.15, 0.2) is 53.5 Å². The van der Waals surface area contributed by atoms with Crippen LogP contribution in [-0.4, -0.2) is 78.3 Å². The molecule has 216 valence electrons. The number of amides is 4. The minimum absolute atomic E-state index is 0.0551. The number of rotatable bonds is 10. The zero-order chi connectivity index (χ0) is 28.7. The van der Waals surface area contributed by atoms with E-state index in [1.165, 1.54) is 4.90 Å². The second-order valence-electron chi connectivity index (χ2n) is 11.6. The van der Waals surface area contributed by atoms with Gasteiger partial charge in [0.1, 0.15) is 13.3 Å². The van der Waals surface area contributed by atoms with Crippen LogP contribution in [0.1, 0.15) is 36.4 Å². The number of aromatic nitrogens is 1. The SMILES string of the molecule is C[Si](C)(C)CCOCN1C(=O)CCN(Cc2cccn(C3CCN(C(=O)OCc4ccccc4)CC3)c2=O)C1=O. The summed E-state index contributed by atoms with van der Waals surface area (Å²) in [5.41, 5.74) is 1.27. The molecule has 0 N–H and O–H groups in total. The van der Waals surface area contributed by atoms with Crippen molar-refractivity contribution in [2.45, 2.75) is 64.1 Å². The van der Waals surface area contributed by atoms with Crippen molar-refractivity contribution >= 4 is 26.1 Å². The zero-order valence-electron chi connectivity index (χ0n) is 23.7. The molecule has 2 aliphatic heterocycles. The van der Waals surface area contributed by atoms with E-state index in [9.17, 15) is 19.2 Å². The molecule has 10 nitrogen and oxygen atoms in total. The molecule has 0 spiro atoms. The molecule has 11 heteroatoms. The summed E-state index contributed by atoms with van der Waals surface area (Å²) < 4.78 is 12.8. The summed E-state index contributed by atoms with van der Waals surface area (Å²) in [6.07, 6.45) is 2.87. The number of likely N-dealkylation sites (tertiary alicyclic amines) is 1. The Hall–Kier alpha value is -3.44. The summed E-state index contributed by atoms with van der Waals surface area (Å²) in [5, 5.41) is 0. The molecule has 1 aromatic heterocycles. The Kier molecular flexibility index (Phi) is 9.80. The number of hydrogen-bond donors (Lipinski definition) is 0. The molecule has 0 aliphatic carbocycles. The van der Waals surface area contributed by atoms with E-state index in [1.807, 2.05) is 36.4 Å². The van der Waals surface area contributed by atoms with E-state index in [4.69, 9.17) is 9.47 Å². The van der Waals surface area contributed by atoms with Crippen molar-refractivity contribution < 1.29 is 23.9 Å². The fourth-order valence-corrected chi connectivity index (χ4v) is 5.61. The van der Waals surface area contributed by atoms with Crippen LogP contribution in [0.5, 0.6) is 0 Å². The van der Waals surface area contributed by atoms with Gasteiger partial charge in [-0.3, -0.25) is 9.59 Å². The first kappa shape index (κ1) is 29.5. The Morgan fingerprint density at radius 2 is 1.70 bits per heavy atom. The minimum Gasteiger partial charge on any atom is -0.445 e. The van der Waals surface area contributed by atoms with Crippen molar-refractivity contribution in [3.8, 4) is 0 Å². The van der Waals surface area contributed by atoms with Gasteiger partial charge in [0, 0.05) is 58.5 Å². The maximum Gasteiger partial charge on any atom is 0.410 e. The fourth-order valence-electron chi connectivity index (χ4n) is 4.85. The van der Waals surface area contributed by atoms with Gasteiger partial charge in [0.25, 0.3) is 5.56 Å². The Morgan fingerprint density at radius 3 is 2.40 bits per heavy atom. The molecule has 0 radical (unpaired) electrons. The summed E-state index contributed by atoms with van der Waals surface area (Å²) in [6.45, 7) is 8.78. The molecule has 4 amide bonds. The smallest absolute Gasteiger partial charge is 0.410 e. The number of piperidine rings is 1. The summed E-state index contributed by atoms with van der Waals surface area (Å²) in [6, 6.07) is 13.6. The minimum atomic E-state index is -1.28. The maximum absolute atomic E-state index is 13.4.